The fourth-order valence-electron chi connectivity index (χ4n) is 2.09. The molecule has 0 amide bonds. The summed E-state index contributed by atoms with van der Waals surface area (Å²) in [6, 6.07) is 8.76. The van der Waals surface area contributed by atoms with Crippen molar-refractivity contribution in [3.63, 3.8) is 0 Å². The second-order valence-corrected chi connectivity index (χ2v) is 4.37. The summed E-state index contributed by atoms with van der Waals surface area (Å²) in [7, 11) is 4.02. The van der Waals surface area contributed by atoms with Crippen LogP contribution in [0.15, 0.2) is 36.7 Å². The van der Waals surface area contributed by atoms with Crippen molar-refractivity contribution in [3.8, 4) is 0 Å². The van der Waals surface area contributed by atoms with Crippen molar-refractivity contribution in [2.24, 2.45) is 7.05 Å². The third kappa shape index (κ3) is 2.56. The zero-order valence-corrected chi connectivity index (χ0v) is 10.6. The molecule has 0 fully saturated rings. The van der Waals surface area contributed by atoms with Gasteiger partial charge in [-0.2, -0.15) is 0 Å². The molecule has 17 heavy (non-hydrogen) atoms. The van der Waals surface area contributed by atoms with Crippen molar-refractivity contribution < 1.29 is 0 Å². The zero-order valence-electron chi connectivity index (χ0n) is 10.6. The van der Waals surface area contributed by atoms with Gasteiger partial charge >= 0.3 is 0 Å². The van der Waals surface area contributed by atoms with E-state index in [9.17, 15) is 0 Å². The van der Waals surface area contributed by atoms with Gasteiger partial charge in [0.2, 0.25) is 0 Å². The highest BCUT2D eigenvalue weighted by molar-refractivity contribution is 5.27. The first kappa shape index (κ1) is 11.9. The molecule has 3 heteroatoms. The van der Waals surface area contributed by atoms with E-state index in [1.165, 1.54) is 11.1 Å². The van der Waals surface area contributed by atoms with E-state index in [2.05, 4.69) is 46.1 Å². The number of imidazole rings is 1. The molecular weight excluding hydrogens is 210 g/mol. The molecule has 2 aromatic rings. The van der Waals surface area contributed by atoms with Crippen molar-refractivity contribution in [3.05, 3.63) is 53.6 Å². The Morgan fingerprint density at radius 2 is 2.12 bits per heavy atom. The minimum Gasteiger partial charge on any atom is -0.337 e. The van der Waals surface area contributed by atoms with Crippen LogP contribution in [0.5, 0.6) is 0 Å². The Hall–Kier alpha value is -1.61. The fourth-order valence-corrected chi connectivity index (χ4v) is 2.09. The van der Waals surface area contributed by atoms with Crippen molar-refractivity contribution in [2.75, 3.05) is 7.05 Å². The quantitative estimate of drug-likeness (QED) is 0.871. The van der Waals surface area contributed by atoms with Crippen LogP contribution in [0.25, 0.3) is 0 Å². The molecule has 1 N–H and O–H groups in total. The van der Waals surface area contributed by atoms with Crippen LogP contribution < -0.4 is 5.32 Å². The summed E-state index contributed by atoms with van der Waals surface area (Å²) in [5.41, 5.74) is 2.71. The van der Waals surface area contributed by atoms with Crippen LogP contribution in [0, 0.1) is 6.92 Å². The average Bonchev–Trinajstić information content (AvgIpc) is 2.75. The molecule has 0 saturated heterocycles. The first-order valence-electron chi connectivity index (χ1n) is 5.91. The van der Waals surface area contributed by atoms with Crippen LogP contribution in [-0.4, -0.2) is 16.6 Å². The number of rotatable bonds is 4. The molecule has 1 unspecified atom stereocenters. The van der Waals surface area contributed by atoms with Gasteiger partial charge in [-0.05, 0) is 31.5 Å². The normalized spacial score (nSPS) is 12.6. The van der Waals surface area contributed by atoms with Crippen LogP contribution >= 0.6 is 0 Å². The molecule has 0 aliphatic carbocycles. The molecule has 0 saturated carbocycles. The van der Waals surface area contributed by atoms with E-state index in [-0.39, 0.29) is 6.04 Å². The van der Waals surface area contributed by atoms with Crippen molar-refractivity contribution in [2.45, 2.75) is 19.4 Å². The average molecular weight is 229 g/mol. The van der Waals surface area contributed by atoms with Gasteiger partial charge in [0.15, 0.2) is 0 Å². The van der Waals surface area contributed by atoms with Crippen LogP contribution in [0.1, 0.15) is 23.0 Å². The fraction of sp³-hybridized carbons (Fsp3) is 0.357. The summed E-state index contributed by atoms with van der Waals surface area (Å²) < 4.78 is 2.07. The predicted molar refractivity (Wildman–Crippen MR) is 69.9 cm³/mol. The van der Waals surface area contributed by atoms with Gasteiger partial charge in [0.05, 0.1) is 6.04 Å². The molecule has 1 heterocycles. The third-order valence-electron chi connectivity index (χ3n) is 3.20. The van der Waals surface area contributed by atoms with Gasteiger partial charge in [0.1, 0.15) is 5.82 Å². The molecule has 0 aliphatic rings. The number of hydrogen-bond acceptors (Lipinski definition) is 2. The first-order chi connectivity index (χ1) is 8.22. The molecule has 0 spiro atoms. The molecule has 1 aromatic carbocycles. The minimum absolute atomic E-state index is 0.260. The lowest BCUT2D eigenvalue weighted by atomic mass is 10.0. The summed E-state index contributed by atoms with van der Waals surface area (Å²) in [6.07, 6.45) is 4.79. The molecular formula is C14H19N3. The molecule has 0 radical (unpaired) electrons. The van der Waals surface area contributed by atoms with Crippen molar-refractivity contribution >= 4 is 0 Å². The summed E-state index contributed by atoms with van der Waals surface area (Å²) >= 11 is 0. The minimum atomic E-state index is 0.260. The monoisotopic (exact) mass is 229 g/mol. The summed E-state index contributed by atoms with van der Waals surface area (Å²) in [5, 5.41) is 3.34. The summed E-state index contributed by atoms with van der Waals surface area (Å²) in [4.78, 5) is 4.41. The van der Waals surface area contributed by atoms with Gasteiger partial charge in [-0.25, -0.2) is 4.98 Å². The number of nitrogens with zero attached hydrogens (tertiary/aromatic N) is 2. The maximum absolute atomic E-state index is 4.41. The third-order valence-corrected chi connectivity index (χ3v) is 3.20. The maximum Gasteiger partial charge on any atom is 0.125 e. The van der Waals surface area contributed by atoms with Gasteiger partial charge in [-0.1, -0.05) is 24.3 Å². The van der Waals surface area contributed by atoms with Crippen molar-refractivity contribution in [1.82, 2.24) is 14.9 Å². The number of likely N-dealkylation sites (N-methyl/N-ethyl adjacent to an activating group) is 1. The van der Waals surface area contributed by atoms with E-state index in [1.54, 1.807) is 0 Å². The lowest BCUT2D eigenvalue weighted by Crippen LogP contribution is -2.22. The van der Waals surface area contributed by atoms with E-state index in [4.69, 9.17) is 0 Å². The second kappa shape index (κ2) is 5.15. The second-order valence-electron chi connectivity index (χ2n) is 4.37. The number of benzene rings is 1. The molecule has 90 valence electrons. The molecule has 1 atom stereocenters. The Balaban J connectivity index is 2.22. The van der Waals surface area contributed by atoms with Crippen LogP contribution in [-0.2, 0) is 13.5 Å². The Morgan fingerprint density at radius 3 is 2.71 bits per heavy atom. The number of aromatic nitrogens is 2. The van der Waals surface area contributed by atoms with Gasteiger partial charge in [0, 0.05) is 19.4 Å². The Labute approximate surface area is 103 Å². The van der Waals surface area contributed by atoms with E-state index in [0.717, 1.165) is 12.2 Å². The highest BCUT2D eigenvalue weighted by atomic mass is 15.1. The van der Waals surface area contributed by atoms with E-state index >= 15 is 0 Å². The van der Waals surface area contributed by atoms with Gasteiger partial charge in [-0.15, -0.1) is 0 Å². The molecule has 1 aromatic heterocycles. The van der Waals surface area contributed by atoms with Crippen molar-refractivity contribution in [1.29, 1.82) is 0 Å². The molecule has 0 aliphatic heterocycles. The standard InChI is InChI=1S/C14H19N3/c1-11-6-4-5-7-12(11)10-13(15-2)14-16-8-9-17(14)3/h4-9,13,15H,10H2,1-3H3. The summed E-state index contributed by atoms with van der Waals surface area (Å²) in [6.45, 7) is 2.15. The Morgan fingerprint density at radius 1 is 1.35 bits per heavy atom. The Bertz CT molecular complexity index is 488. The number of hydrogen-bond donors (Lipinski definition) is 1. The lowest BCUT2D eigenvalue weighted by molar-refractivity contribution is 0.537. The lowest BCUT2D eigenvalue weighted by Gasteiger charge is -2.17. The van der Waals surface area contributed by atoms with Crippen LogP contribution in [0.3, 0.4) is 0 Å². The highest BCUT2D eigenvalue weighted by Crippen LogP contribution is 2.18. The Kier molecular flexibility index (Phi) is 3.59. The van der Waals surface area contributed by atoms with Gasteiger partial charge < -0.3 is 9.88 Å². The number of nitrogens with one attached hydrogen (secondary N) is 1. The van der Waals surface area contributed by atoms with E-state index < -0.39 is 0 Å². The van der Waals surface area contributed by atoms with E-state index in [1.807, 2.05) is 26.5 Å². The predicted octanol–water partition coefficient (Wildman–Crippen LogP) is 2.23. The van der Waals surface area contributed by atoms with Crippen LogP contribution in [0.2, 0.25) is 0 Å². The van der Waals surface area contributed by atoms with Gasteiger partial charge in [-0.3, -0.25) is 0 Å². The van der Waals surface area contributed by atoms with Gasteiger partial charge in [0.25, 0.3) is 0 Å². The summed E-state index contributed by atoms with van der Waals surface area (Å²) in [5.74, 6) is 1.08. The molecule has 3 nitrogen and oxygen atoms in total. The van der Waals surface area contributed by atoms with Crippen LogP contribution in [0.4, 0.5) is 0 Å². The molecule has 2 rings (SSSR count). The smallest absolute Gasteiger partial charge is 0.125 e. The maximum atomic E-state index is 4.41. The number of aryl methyl sites for hydroxylation is 2. The first-order valence-corrected chi connectivity index (χ1v) is 5.91. The van der Waals surface area contributed by atoms with E-state index in [0.29, 0.717) is 0 Å². The topological polar surface area (TPSA) is 29.9 Å². The SMILES string of the molecule is CNC(Cc1ccccc1C)c1nccn1C. The highest BCUT2D eigenvalue weighted by Gasteiger charge is 2.14. The largest absolute Gasteiger partial charge is 0.337 e. The molecule has 0 bridgehead atoms. The zero-order chi connectivity index (χ0) is 12.3.